The third-order valence-corrected chi connectivity index (χ3v) is 3.21. The molecule has 0 fully saturated rings. The molecule has 1 rings (SSSR count). The van der Waals surface area contributed by atoms with Crippen LogP contribution in [-0.4, -0.2) is 31.6 Å². The highest BCUT2D eigenvalue weighted by Gasteiger charge is 2.09. The minimum atomic E-state index is 0.0294. The summed E-state index contributed by atoms with van der Waals surface area (Å²) in [7, 11) is 0. The molecule has 0 heterocycles. The van der Waals surface area contributed by atoms with E-state index < -0.39 is 0 Å². The molecule has 1 aromatic rings. The van der Waals surface area contributed by atoms with Crippen LogP contribution in [0.25, 0.3) is 0 Å². The van der Waals surface area contributed by atoms with Crippen molar-refractivity contribution in [2.75, 3.05) is 19.7 Å². The first kappa shape index (κ1) is 16.5. The Kier molecular flexibility index (Phi) is 7.09. The van der Waals surface area contributed by atoms with Gasteiger partial charge in [-0.05, 0) is 37.5 Å². The highest BCUT2D eigenvalue weighted by atomic mass is 16.5. The molecular weight excluding hydrogens is 252 g/mol. The minimum absolute atomic E-state index is 0.0294. The van der Waals surface area contributed by atoms with Gasteiger partial charge in [0.2, 0.25) is 5.91 Å². The molecule has 2 N–H and O–H groups in total. The lowest BCUT2D eigenvalue weighted by molar-refractivity contribution is -0.121. The molecule has 0 radical (unpaired) electrons. The number of rotatable bonds is 8. The normalized spacial score (nSPS) is 12.2. The Labute approximate surface area is 121 Å². The van der Waals surface area contributed by atoms with Crippen LogP contribution in [0.5, 0.6) is 5.75 Å². The number of hydrogen-bond acceptors (Lipinski definition) is 3. The van der Waals surface area contributed by atoms with Crippen LogP contribution in [0, 0.1) is 12.8 Å². The van der Waals surface area contributed by atoms with Crippen LogP contribution in [0.1, 0.15) is 26.3 Å². The van der Waals surface area contributed by atoms with Gasteiger partial charge in [-0.3, -0.25) is 4.79 Å². The van der Waals surface area contributed by atoms with Crippen molar-refractivity contribution >= 4 is 5.91 Å². The molecule has 0 aromatic heterocycles. The number of ether oxygens (including phenoxy) is 1. The lowest BCUT2D eigenvalue weighted by atomic mass is 10.1. The predicted molar refractivity (Wildman–Crippen MR) is 82.0 cm³/mol. The highest BCUT2D eigenvalue weighted by molar-refractivity contribution is 5.78. The molecule has 0 aliphatic carbocycles. The summed E-state index contributed by atoms with van der Waals surface area (Å²) in [6.45, 7) is 9.76. The molecule has 112 valence electrons. The summed E-state index contributed by atoms with van der Waals surface area (Å²) in [5, 5.41) is 6.03. The van der Waals surface area contributed by atoms with E-state index >= 15 is 0 Å². The van der Waals surface area contributed by atoms with Gasteiger partial charge in [0.1, 0.15) is 12.4 Å². The van der Waals surface area contributed by atoms with Crippen molar-refractivity contribution in [1.82, 2.24) is 10.6 Å². The van der Waals surface area contributed by atoms with Gasteiger partial charge in [0, 0.05) is 12.6 Å². The average Bonchev–Trinajstić information content (AvgIpc) is 2.38. The third-order valence-electron chi connectivity index (χ3n) is 3.21. The van der Waals surface area contributed by atoms with E-state index in [1.54, 1.807) is 0 Å². The summed E-state index contributed by atoms with van der Waals surface area (Å²) < 4.78 is 5.59. The number of amides is 1. The molecule has 0 saturated heterocycles. The smallest absolute Gasteiger partial charge is 0.234 e. The topological polar surface area (TPSA) is 50.4 Å². The van der Waals surface area contributed by atoms with Gasteiger partial charge in [0.05, 0.1) is 6.54 Å². The molecule has 0 saturated carbocycles. The van der Waals surface area contributed by atoms with Gasteiger partial charge in [-0.2, -0.15) is 0 Å². The van der Waals surface area contributed by atoms with Crippen LogP contribution in [0.15, 0.2) is 24.3 Å². The van der Waals surface area contributed by atoms with Crippen molar-refractivity contribution < 1.29 is 9.53 Å². The Bertz CT molecular complexity index is 419. The standard InChI is InChI=1S/C16H26N2O2/c1-12(2)14(4)18-16(19)11-17-8-9-20-15-7-5-6-13(3)10-15/h5-7,10,12,14,17H,8-9,11H2,1-4H3,(H,18,19). The molecule has 0 aliphatic heterocycles. The van der Waals surface area contributed by atoms with Gasteiger partial charge >= 0.3 is 0 Å². The molecular formula is C16H26N2O2. The maximum atomic E-state index is 11.6. The first-order valence-corrected chi connectivity index (χ1v) is 7.18. The van der Waals surface area contributed by atoms with Crippen molar-refractivity contribution in [1.29, 1.82) is 0 Å². The molecule has 0 aliphatic rings. The quantitative estimate of drug-likeness (QED) is 0.716. The fraction of sp³-hybridized carbons (Fsp3) is 0.562. The lowest BCUT2D eigenvalue weighted by Gasteiger charge is -2.17. The van der Waals surface area contributed by atoms with E-state index in [0.717, 1.165) is 5.75 Å². The van der Waals surface area contributed by atoms with Crippen molar-refractivity contribution in [2.45, 2.75) is 33.7 Å². The average molecular weight is 278 g/mol. The van der Waals surface area contributed by atoms with Crippen molar-refractivity contribution in [3.63, 3.8) is 0 Å². The zero-order valence-corrected chi connectivity index (χ0v) is 12.9. The zero-order chi connectivity index (χ0) is 15.0. The maximum absolute atomic E-state index is 11.6. The predicted octanol–water partition coefficient (Wildman–Crippen LogP) is 2.12. The van der Waals surface area contributed by atoms with Gasteiger partial charge in [0.25, 0.3) is 0 Å². The molecule has 4 nitrogen and oxygen atoms in total. The fourth-order valence-electron chi connectivity index (χ4n) is 1.62. The molecule has 0 spiro atoms. The van der Waals surface area contributed by atoms with E-state index in [9.17, 15) is 4.79 Å². The number of carbonyl (C=O) groups excluding carboxylic acids is 1. The van der Waals surface area contributed by atoms with Crippen LogP contribution in [0.4, 0.5) is 0 Å². The van der Waals surface area contributed by atoms with E-state index in [-0.39, 0.29) is 11.9 Å². The van der Waals surface area contributed by atoms with Gasteiger partial charge in [-0.25, -0.2) is 0 Å². The Morgan fingerprint density at radius 2 is 2.05 bits per heavy atom. The monoisotopic (exact) mass is 278 g/mol. The van der Waals surface area contributed by atoms with Crippen LogP contribution >= 0.6 is 0 Å². The van der Waals surface area contributed by atoms with Crippen LogP contribution in [0.2, 0.25) is 0 Å². The summed E-state index contributed by atoms with van der Waals surface area (Å²) in [5.74, 6) is 1.34. The second kappa shape index (κ2) is 8.59. The summed E-state index contributed by atoms with van der Waals surface area (Å²) >= 11 is 0. The molecule has 1 unspecified atom stereocenters. The number of aryl methyl sites for hydroxylation is 1. The first-order chi connectivity index (χ1) is 9.49. The highest BCUT2D eigenvalue weighted by Crippen LogP contribution is 2.11. The Hall–Kier alpha value is -1.55. The molecule has 1 atom stereocenters. The number of hydrogen-bond donors (Lipinski definition) is 2. The Morgan fingerprint density at radius 1 is 1.30 bits per heavy atom. The zero-order valence-electron chi connectivity index (χ0n) is 12.9. The number of benzene rings is 1. The van der Waals surface area contributed by atoms with Crippen molar-refractivity contribution in [2.24, 2.45) is 5.92 Å². The first-order valence-electron chi connectivity index (χ1n) is 7.18. The molecule has 0 bridgehead atoms. The third kappa shape index (κ3) is 6.57. The van der Waals surface area contributed by atoms with E-state index in [1.807, 2.05) is 38.1 Å². The molecule has 1 aromatic carbocycles. The minimum Gasteiger partial charge on any atom is -0.492 e. The maximum Gasteiger partial charge on any atom is 0.234 e. The summed E-state index contributed by atoms with van der Waals surface area (Å²) in [6.07, 6.45) is 0. The van der Waals surface area contributed by atoms with Crippen molar-refractivity contribution in [3.8, 4) is 5.75 Å². The van der Waals surface area contributed by atoms with E-state index in [4.69, 9.17) is 4.74 Å². The van der Waals surface area contributed by atoms with Crippen LogP contribution in [0.3, 0.4) is 0 Å². The van der Waals surface area contributed by atoms with Crippen molar-refractivity contribution in [3.05, 3.63) is 29.8 Å². The molecule has 4 heteroatoms. The van der Waals surface area contributed by atoms with E-state index in [1.165, 1.54) is 5.56 Å². The number of carbonyl (C=O) groups is 1. The van der Waals surface area contributed by atoms with Crippen LogP contribution < -0.4 is 15.4 Å². The summed E-state index contributed by atoms with van der Waals surface area (Å²) in [5.41, 5.74) is 1.18. The van der Waals surface area contributed by atoms with Gasteiger partial charge < -0.3 is 15.4 Å². The van der Waals surface area contributed by atoms with Gasteiger partial charge in [0.15, 0.2) is 0 Å². The fourth-order valence-corrected chi connectivity index (χ4v) is 1.62. The Morgan fingerprint density at radius 3 is 2.70 bits per heavy atom. The number of nitrogens with one attached hydrogen (secondary N) is 2. The van der Waals surface area contributed by atoms with Gasteiger partial charge in [-0.1, -0.05) is 26.0 Å². The van der Waals surface area contributed by atoms with Gasteiger partial charge in [-0.15, -0.1) is 0 Å². The second-order valence-corrected chi connectivity index (χ2v) is 5.44. The SMILES string of the molecule is Cc1cccc(OCCNCC(=O)NC(C)C(C)C)c1. The van der Waals surface area contributed by atoms with E-state index in [2.05, 4.69) is 24.5 Å². The lowest BCUT2D eigenvalue weighted by Crippen LogP contribution is -2.42. The van der Waals surface area contributed by atoms with Crippen LogP contribution in [-0.2, 0) is 4.79 Å². The summed E-state index contributed by atoms with van der Waals surface area (Å²) in [4.78, 5) is 11.6. The summed E-state index contributed by atoms with van der Waals surface area (Å²) in [6, 6.07) is 8.14. The van der Waals surface area contributed by atoms with E-state index in [0.29, 0.717) is 25.6 Å². The molecule has 1 amide bonds. The Balaban J connectivity index is 2.11. The molecule has 20 heavy (non-hydrogen) atoms. The largest absolute Gasteiger partial charge is 0.492 e. The second-order valence-electron chi connectivity index (χ2n) is 5.44.